The molecule has 0 bridgehead atoms. The summed E-state index contributed by atoms with van der Waals surface area (Å²) in [7, 11) is 0. The molecule has 1 heterocycles. The first-order valence-corrected chi connectivity index (χ1v) is 10.3. The van der Waals surface area contributed by atoms with E-state index in [-0.39, 0.29) is 29.2 Å². The van der Waals surface area contributed by atoms with E-state index in [1.54, 1.807) is 30.3 Å². The molecule has 168 valence electrons. The average molecular weight is 466 g/mol. The van der Waals surface area contributed by atoms with Crippen LogP contribution in [0.4, 0.5) is 0 Å². The number of hydrogen-bond acceptors (Lipinski definition) is 6. The Bertz CT molecular complexity index is 1220. The summed E-state index contributed by atoms with van der Waals surface area (Å²) in [6, 6.07) is 13.3. The lowest BCUT2D eigenvalue weighted by Crippen LogP contribution is -2.47. The van der Waals surface area contributed by atoms with Crippen molar-refractivity contribution in [2.45, 2.75) is 19.8 Å². The summed E-state index contributed by atoms with van der Waals surface area (Å²) in [4.78, 5) is 36.7. The van der Waals surface area contributed by atoms with Crippen LogP contribution in [0.5, 0.6) is 5.75 Å². The van der Waals surface area contributed by atoms with E-state index in [0.717, 1.165) is 16.1 Å². The number of nitrogens with one attached hydrogen (secondary N) is 2. The van der Waals surface area contributed by atoms with Crippen molar-refractivity contribution in [3.8, 4) is 11.8 Å². The van der Waals surface area contributed by atoms with Gasteiger partial charge in [0.05, 0.1) is 5.71 Å². The number of phenols is 1. The molecule has 0 aromatic heterocycles. The molecule has 1 aliphatic heterocycles. The zero-order chi connectivity index (χ0) is 24.0. The lowest BCUT2D eigenvalue weighted by Gasteiger charge is -2.23. The quantitative estimate of drug-likeness (QED) is 0.354. The molecule has 0 saturated heterocycles. The molecule has 0 saturated carbocycles. The minimum Gasteiger partial charge on any atom is -0.507 e. The Labute approximate surface area is 194 Å². The predicted octanol–water partition coefficient (Wildman–Crippen LogP) is 2.44. The van der Waals surface area contributed by atoms with Crippen LogP contribution in [-0.4, -0.2) is 40.1 Å². The Kier molecular flexibility index (Phi) is 7.43. The molecule has 0 atom stereocenters. The molecule has 33 heavy (non-hydrogen) atoms. The first-order valence-electron chi connectivity index (χ1n) is 9.92. The van der Waals surface area contributed by atoms with Crippen LogP contribution in [0.3, 0.4) is 0 Å². The second-order valence-corrected chi connectivity index (χ2v) is 7.60. The van der Waals surface area contributed by atoms with Gasteiger partial charge in [0.2, 0.25) is 5.91 Å². The zero-order valence-electron chi connectivity index (χ0n) is 17.6. The molecule has 0 aliphatic carbocycles. The molecule has 2 aromatic rings. The van der Waals surface area contributed by atoms with Gasteiger partial charge in [-0.25, -0.2) is 5.01 Å². The third-order valence-corrected chi connectivity index (χ3v) is 5.23. The van der Waals surface area contributed by atoms with Gasteiger partial charge in [0, 0.05) is 23.4 Å². The number of aromatic hydroxyl groups is 1. The lowest BCUT2D eigenvalue weighted by molar-refractivity contribution is -0.137. The molecule has 9 nitrogen and oxygen atoms in total. The smallest absolute Gasteiger partial charge is 0.280 e. The molecule has 3 rings (SSSR count). The maximum absolute atomic E-state index is 12.3. The van der Waals surface area contributed by atoms with Crippen molar-refractivity contribution in [2.75, 3.05) is 6.54 Å². The molecule has 2 aromatic carbocycles. The summed E-state index contributed by atoms with van der Waals surface area (Å²) < 4.78 is 0. The van der Waals surface area contributed by atoms with E-state index >= 15 is 0 Å². The van der Waals surface area contributed by atoms with E-state index in [1.807, 2.05) is 13.0 Å². The molecular formula is C23H20ClN5O4. The van der Waals surface area contributed by atoms with Gasteiger partial charge in [-0.05, 0) is 42.3 Å². The highest BCUT2D eigenvalue weighted by Gasteiger charge is 2.24. The van der Waals surface area contributed by atoms with Gasteiger partial charge in [-0.3, -0.25) is 25.2 Å². The molecule has 3 amide bonds. The van der Waals surface area contributed by atoms with Gasteiger partial charge < -0.3 is 5.11 Å². The standard InChI is InChI=1S/C23H20ClN5O4/c1-14-10-15(6-7-18(14)24)19-8-9-22(32)29(28-19)13-21(31)26-27-23(33)17(12-25)11-16-4-2-3-5-20(16)30/h2-7,10-11,30H,8-9,13H2,1H3,(H,26,31)(H,27,33)/b17-11+. The van der Waals surface area contributed by atoms with Crippen LogP contribution >= 0.6 is 11.6 Å². The molecule has 10 heteroatoms. The highest BCUT2D eigenvalue weighted by atomic mass is 35.5. The third-order valence-electron chi connectivity index (χ3n) is 4.81. The third kappa shape index (κ3) is 5.96. The number of carbonyl (C=O) groups excluding carboxylic acids is 3. The number of hydrogen-bond donors (Lipinski definition) is 3. The van der Waals surface area contributed by atoms with E-state index in [2.05, 4.69) is 16.0 Å². The highest BCUT2D eigenvalue weighted by molar-refractivity contribution is 6.31. The van der Waals surface area contributed by atoms with Gasteiger partial charge in [0.25, 0.3) is 11.8 Å². The number of phenolic OH excluding ortho intramolecular Hbond substituents is 1. The molecule has 0 fully saturated rings. The van der Waals surface area contributed by atoms with Crippen LogP contribution in [0.1, 0.15) is 29.5 Å². The fourth-order valence-electron chi connectivity index (χ4n) is 3.04. The number of nitriles is 1. The van der Waals surface area contributed by atoms with Crippen molar-refractivity contribution in [3.63, 3.8) is 0 Å². The summed E-state index contributed by atoms with van der Waals surface area (Å²) in [5.41, 5.74) is 6.54. The molecule has 0 spiro atoms. The number of aryl methyl sites for hydroxylation is 1. The average Bonchev–Trinajstić information content (AvgIpc) is 2.80. The second-order valence-electron chi connectivity index (χ2n) is 7.19. The normalized spacial score (nSPS) is 13.7. The number of halogens is 1. The monoisotopic (exact) mass is 465 g/mol. The maximum Gasteiger partial charge on any atom is 0.280 e. The number of carbonyl (C=O) groups is 3. The van der Waals surface area contributed by atoms with Crippen LogP contribution in [0.15, 0.2) is 53.1 Å². The summed E-state index contributed by atoms with van der Waals surface area (Å²) in [5.74, 6) is -2.01. The molecule has 0 unspecified atom stereocenters. The summed E-state index contributed by atoms with van der Waals surface area (Å²) in [6.45, 7) is 1.44. The largest absolute Gasteiger partial charge is 0.507 e. The van der Waals surface area contributed by atoms with Crippen molar-refractivity contribution >= 4 is 41.1 Å². The molecular weight excluding hydrogens is 446 g/mol. The number of hydrazine groups is 1. The van der Waals surface area contributed by atoms with Crippen LogP contribution in [0.25, 0.3) is 6.08 Å². The summed E-state index contributed by atoms with van der Waals surface area (Å²) in [5, 5.41) is 24.9. The van der Waals surface area contributed by atoms with Crippen LogP contribution < -0.4 is 10.9 Å². The Balaban J connectivity index is 1.64. The van der Waals surface area contributed by atoms with Crippen LogP contribution in [0, 0.1) is 18.3 Å². The van der Waals surface area contributed by atoms with Gasteiger partial charge in [-0.1, -0.05) is 35.9 Å². The number of rotatable bonds is 5. The topological polar surface area (TPSA) is 135 Å². The van der Waals surface area contributed by atoms with Crippen molar-refractivity contribution in [1.29, 1.82) is 5.26 Å². The van der Waals surface area contributed by atoms with Gasteiger partial charge in [0.1, 0.15) is 23.9 Å². The van der Waals surface area contributed by atoms with Crippen molar-refractivity contribution in [3.05, 3.63) is 69.8 Å². The van der Waals surface area contributed by atoms with E-state index in [0.29, 0.717) is 17.2 Å². The van der Waals surface area contributed by atoms with Gasteiger partial charge in [-0.2, -0.15) is 10.4 Å². The van der Waals surface area contributed by atoms with Crippen LogP contribution in [-0.2, 0) is 14.4 Å². The highest BCUT2D eigenvalue weighted by Crippen LogP contribution is 2.21. The van der Waals surface area contributed by atoms with Gasteiger partial charge in [0.15, 0.2) is 0 Å². The minimum absolute atomic E-state index is 0.102. The predicted molar refractivity (Wildman–Crippen MR) is 122 cm³/mol. The van der Waals surface area contributed by atoms with Crippen molar-refractivity contribution < 1.29 is 19.5 Å². The van der Waals surface area contributed by atoms with E-state index < -0.39 is 18.4 Å². The molecule has 0 radical (unpaired) electrons. The fourth-order valence-corrected chi connectivity index (χ4v) is 3.16. The lowest BCUT2D eigenvalue weighted by atomic mass is 10.0. The Morgan fingerprint density at radius 2 is 2.00 bits per heavy atom. The number of para-hydroxylation sites is 1. The summed E-state index contributed by atoms with van der Waals surface area (Å²) >= 11 is 6.06. The molecule has 1 aliphatic rings. The number of hydrazone groups is 1. The number of amides is 3. The Morgan fingerprint density at radius 1 is 1.24 bits per heavy atom. The number of benzene rings is 2. The Morgan fingerprint density at radius 3 is 2.70 bits per heavy atom. The van der Waals surface area contributed by atoms with Gasteiger partial charge >= 0.3 is 0 Å². The molecule has 3 N–H and O–H groups in total. The fraction of sp³-hybridized carbons (Fsp3) is 0.174. The zero-order valence-corrected chi connectivity index (χ0v) is 18.4. The number of nitrogens with zero attached hydrogens (tertiary/aromatic N) is 3. The second kappa shape index (κ2) is 10.4. The SMILES string of the molecule is Cc1cc(C2=NN(CC(=O)NNC(=O)/C(C#N)=C/c3ccccc3O)C(=O)CC2)ccc1Cl. The van der Waals surface area contributed by atoms with E-state index in [4.69, 9.17) is 11.6 Å². The Hall–Kier alpha value is -4.16. The first-order chi connectivity index (χ1) is 15.8. The van der Waals surface area contributed by atoms with Crippen molar-refractivity contribution in [1.82, 2.24) is 15.9 Å². The van der Waals surface area contributed by atoms with E-state index in [9.17, 15) is 24.8 Å². The minimum atomic E-state index is -0.875. The van der Waals surface area contributed by atoms with Gasteiger partial charge in [-0.15, -0.1) is 0 Å². The van der Waals surface area contributed by atoms with Crippen LogP contribution in [0.2, 0.25) is 5.02 Å². The van der Waals surface area contributed by atoms with Crippen molar-refractivity contribution in [2.24, 2.45) is 5.10 Å². The summed E-state index contributed by atoms with van der Waals surface area (Å²) in [6.07, 6.45) is 1.80. The van der Waals surface area contributed by atoms with E-state index in [1.165, 1.54) is 18.2 Å². The first kappa shape index (κ1) is 23.5. The maximum atomic E-state index is 12.3.